The number of rotatable bonds is 22. The number of nitrogens with zero attached hydrogens (tertiary/aromatic N) is 2. The number of hydrogen-bond acceptors (Lipinski definition) is 8. The van der Waals surface area contributed by atoms with Gasteiger partial charge in [0, 0.05) is 37.5 Å². The fourth-order valence-electron chi connectivity index (χ4n) is 5.40. The van der Waals surface area contributed by atoms with Crippen LogP contribution < -0.4 is 22.3 Å². The number of primary amides is 2. The van der Waals surface area contributed by atoms with Crippen molar-refractivity contribution in [3.63, 3.8) is 0 Å². The number of halogens is 4. The maximum atomic E-state index is 13.2. The Morgan fingerprint density at radius 3 is 1.18 bits per heavy atom. The molecular formula is C42H54Cl2F2N6O8. The largest absolute Gasteiger partial charge is 0.370 e. The SMILES string of the molecule is CC(C)C[C@H](CC(=O)/C=C/c1ccccc1)C(=O)NN(CCC(N)=O)C(=O)[C@@H](F)Cl.CC(C)C[C@H](CC(=O)/C=C/c1ccccc1)C(=O)NN(CCC(N)=O)C(=O)[C@H](F)Cl. The second kappa shape index (κ2) is 28.1. The van der Waals surface area contributed by atoms with Crippen molar-refractivity contribution in [2.75, 3.05) is 13.1 Å². The molecule has 0 unspecified atom stereocenters. The highest BCUT2D eigenvalue weighted by atomic mass is 35.5. The molecule has 0 saturated heterocycles. The van der Waals surface area contributed by atoms with Crippen LogP contribution in [-0.4, -0.2) is 81.4 Å². The van der Waals surface area contributed by atoms with Gasteiger partial charge in [-0.2, -0.15) is 0 Å². The lowest BCUT2D eigenvalue weighted by Gasteiger charge is -2.26. The molecule has 2 aromatic rings. The van der Waals surface area contributed by atoms with Gasteiger partial charge < -0.3 is 11.5 Å². The number of allylic oxidation sites excluding steroid dienone is 2. The van der Waals surface area contributed by atoms with Crippen LogP contribution in [0.1, 0.15) is 77.3 Å². The van der Waals surface area contributed by atoms with Gasteiger partial charge in [-0.15, -0.1) is 0 Å². The molecule has 0 bridgehead atoms. The van der Waals surface area contributed by atoms with Crippen molar-refractivity contribution in [1.82, 2.24) is 20.9 Å². The highest BCUT2D eigenvalue weighted by Crippen LogP contribution is 2.19. The van der Waals surface area contributed by atoms with Crippen LogP contribution in [0.15, 0.2) is 72.8 Å². The van der Waals surface area contributed by atoms with E-state index in [4.69, 9.17) is 34.7 Å². The van der Waals surface area contributed by atoms with E-state index >= 15 is 0 Å². The standard InChI is InChI=1S/2C21H27ClFN3O4/c2*1-14(2)12-16(13-17(27)9-8-15-6-4-3-5-7-15)20(29)25-26(11-10-18(24)28)21(30)19(22)23/h2*3-9,14,16,19H,10-13H2,1-2H3,(H2,24,28)(H,25,29)/b2*9-8+/t16-,19+;16-,19-/m11/s1. The average molecular weight is 880 g/mol. The zero-order valence-electron chi connectivity index (χ0n) is 34.0. The van der Waals surface area contributed by atoms with Gasteiger partial charge in [0.1, 0.15) is 0 Å². The third kappa shape index (κ3) is 22.6. The van der Waals surface area contributed by atoms with Gasteiger partial charge in [0.25, 0.3) is 23.1 Å². The van der Waals surface area contributed by atoms with Crippen molar-refractivity contribution in [2.45, 2.75) is 77.5 Å². The molecule has 6 amide bonds. The molecule has 18 heteroatoms. The van der Waals surface area contributed by atoms with E-state index in [1.165, 1.54) is 12.2 Å². The summed E-state index contributed by atoms with van der Waals surface area (Å²) < 4.78 is 26.5. The van der Waals surface area contributed by atoms with Gasteiger partial charge in [-0.25, -0.2) is 18.8 Å². The van der Waals surface area contributed by atoms with Gasteiger partial charge in [-0.1, -0.05) is 124 Å². The number of hydrazine groups is 2. The number of carbonyl (C=O) groups excluding carboxylic acids is 8. The molecule has 2 aromatic carbocycles. The first-order valence-corrected chi connectivity index (χ1v) is 20.0. The lowest BCUT2D eigenvalue weighted by molar-refractivity contribution is -0.146. The fraction of sp³-hybridized carbons (Fsp3) is 0.429. The molecule has 328 valence electrons. The van der Waals surface area contributed by atoms with E-state index in [0.29, 0.717) is 22.9 Å². The first-order chi connectivity index (χ1) is 28.2. The van der Waals surface area contributed by atoms with Crippen LogP contribution >= 0.6 is 23.2 Å². The van der Waals surface area contributed by atoms with Crippen molar-refractivity contribution in [3.05, 3.63) is 83.9 Å². The van der Waals surface area contributed by atoms with Gasteiger partial charge in [0.05, 0.1) is 13.1 Å². The summed E-state index contributed by atoms with van der Waals surface area (Å²) in [6.07, 6.45) is 6.06. The van der Waals surface area contributed by atoms with Crippen molar-refractivity contribution >= 4 is 82.4 Å². The summed E-state index contributed by atoms with van der Waals surface area (Å²) in [5.74, 6) is -7.04. The van der Waals surface area contributed by atoms with E-state index in [-0.39, 0.29) is 62.2 Å². The Kier molecular flexibility index (Phi) is 24.6. The van der Waals surface area contributed by atoms with E-state index in [0.717, 1.165) is 11.1 Å². The molecule has 0 aromatic heterocycles. The van der Waals surface area contributed by atoms with E-state index < -0.39 is 58.5 Å². The Labute approximate surface area is 359 Å². The molecule has 0 radical (unpaired) electrons. The minimum absolute atomic E-state index is 0.0865. The zero-order chi connectivity index (χ0) is 45.4. The van der Waals surface area contributed by atoms with Crippen LogP contribution in [0, 0.1) is 23.7 Å². The van der Waals surface area contributed by atoms with Gasteiger partial charge >= 0.3 is 0 Å². The summed E-state index contributed by atoms with van der Waals surface area (Å²) in [6, 6.07) is 18.4. The number of carbonyl (C=O) groups is 8. The number of ketones is 2. The predicted octanol–water partition coefficient (Wildman–Crippen LogP) is 5.18. The van der Waals surface area contributed by atoms with E-state index in [1.807, 2.05) is 88.4 Å². The minimum Gasteiger partial charge on any atom is -0.370 e. The summed E-state index contributed by atoms with van der Waals surface area (Å²) in [5.41, 5.74) is 11.6. The Morgan fingerprint density at radius 1 is 0.600 bits per heavy atom. The Balaban J connectivity index is 0.000000600. The third-order valence-electron chi connectivity index (χ3n) is 8.23. The van der Waals surface area contributed by atoms with Crippen LogP contribution in [0.4, 0.5) is 8.78 Å². The second-order valence-corrected chi connectivity index (χ2v) is 15.2. The molecule has 0 heterocycles. The maximum Gasteiger partial charge on any atom is 0.291 e. The van der Waals surface area contributed by atoms with Crippen LogP contribution in [-0.2, 0) is 38.4 Å². The molecule has 0 fully saturated rings. The summed E-state index contributed by atoms with van der Waals surface area (Å²) in [6.45, 7) is 6.88. The Bertz CT molecular complexity index is 1670. The highest BCUT2D eigenvalue weighted by molar-refractivity contribution is 6.29. The number of hydrogen-bond donors (Lipinski definition) is 4. The second-order valence-electron chi connectivity index (χ2n) is 14.4. The molecule has 14 nitrogen and oxygen atoms in total. The maximum absolute atomic E-state index is 13.2. The van der Waals surface area contributed by atoms with Crippen molar-refractivity contribution in [2.24, 2.45) is 35.1 Å². The molecule has 4 atom stereocenters. The molecular weight excluding hydrogens is 825 g/mol. The van der Waals surface area contributed by atoms with Crippen LogP contribution in [0.25, 0.3) is 12.2 Å². The monoisotopic (exact) mass is 878 g/mol. The summed E-state index contributed by atoms with van der Waals surface area (Å²) in [5, 5.41) is 1.25. The summed E-state index contributed by atoms with van der Waals surface area (Å²) in [7, 11) is 0. The van der Waals surface area contributed by atoms with E-state index in [2.05, 4.69) is 10.9 Å². The normalized spacial score (nSPS) is 13.1. The lowest BCUT2D eigenvalue weighted by Crippen LogP contribution is -2.51. The first-order valence-electron chi connectivity index (χ1n) is 19.1. The van der Waals surface area contributed by atoms with Crippen molar-refractivity contribution in [3.8, 4) is 0 Å². The van der Waals surface area contributed by atoms with Gasteiger partial charge in [-0.05, 0) is 48.0 Å². The molecule has 60 heavy (non-hydrogen) atoms. The zero-order valence-corrected chi connectivity index (χ0v) is 35.5. The van der Waals surface area contributed by atoms with Gasteiger partial charge in [0.15, 0.2) is 11.6 Å². The molecule has 0 spiro atoms. The lowest BCUT2D eigenvalue weighted by atomic mass is 9.91. The number of nitrogens with two attached hydrogens (primary N) is 2. The summed E-state index contributed by atoms with van der Waals surface area (Å²) in [4.78, 5) is 95.9. The van der Waals surface area contributed by atoms with Crippen LogP contribution in [0.3, 0.4) is 0 Å². The quantitative estimate of drug-likeness (QED) is 0.0700. The molecule has 0 aliphatic rings. The molecule has 0 saturated carbocycles. The van der Waals surface area contributed by atoms with Gasteiger partial charge in [0.2, 0.25) is 23.6 Å². The smallest absolute Gasteiger partial charge is 0.291 e. The Morgan fingerprint density at radius 2 is 0.917 bits per heavy atom. The predicted molar refractivity (Wildman–Crippen MR) is 225 cm³/mol. The summed E-state index contributed by atoms with van der Waals surface area (Å²) >= 11 is 10.4. The molecule has 0 aliphatic heterocycles. The fourth-order valence-corrected chi connectivity index (χ4v) is 5.64. The number of alkyl halides is 4. The molecule has 0 aliphatic carbocycles. The average Bonchev–Trinajstić information content (AvgIpc) is 3.18. The number of benzene rings is 2. The molecule has 2 rings (SSSR count). The topological polar surface area (TPSA) is 219 Å². The third-order valence-corrected chi connectivity index (χ3v) is 8.60. The Hall–Kier alpha value is -5.48. The first kappa shape index (κ1) is 52.5. The highest BCUT2D eigenvalue weighted by Gasteiger charge is 2.30. The van der Waals surface area contributed by atoms with Gasteiger partial charge in [-0.3, -0.25) is 49.2 Å². The molecule has 6 N–H and O–H groups in total. The van der Waals surface area contributed by atoms with E-state index in [9.17, 15) is 47.1 Å². The number of nitrogens with one attached hydrogen (secondary N) is 2. The van der Waals surface area contributed by atoms with Crippen LogP contribution in [0.5, 0.6) is 0 Å². The van der Waals surface area contributed by atoms with E-state index in [1.54, 1.807) is 12.2 Å². The number of amides is 6. The minimum atomic E-state index is -2.39. The van der Waals surface area contributed by atoms with Crippen molar-refractivity contribution in [1.29, 1.82) is 0 Å². The van der Waals surface area contributed by atoms with Crippen molar-refractivity contribution < 1.29 is 47.1 Å². The van der Waals surface area contributed by atoms with Crippen LogP contribution in [0.2, 0.25) is 0 Å².